The first-order chi connectivity index (χ1) is 16.5. The van der Waals surface area contributed by atoms with Crippen LogP contribution in [0.4, 0.5) is 0 Å². The number of aromatic nitrogens is 2. The summed E-state index contributed by atoms with van der Waals surface area (Å²) in [5, 5.41) is 9.60. The van der Waals surface area contributed by atoms with E-state index in [1.165, 1.54) is 0 Å². The summed E-state index contributed by atoms with van der Waals surface area (Å²) in [4.78, 5) is 15.9. The van der Waals surface area contributed by atoms with E-state index in [2.05, 4.69) is 16.8 Å². The number of amides is 1. The molecule has 2 aromatic carbocycles. The number of hydrogen-bond acceptors (Lipinski definition) is 5. The number of morpholine rings is 1. The molecule has 5 rings (SSSR count). The fraction of sp³-hybridized carbons (Fsp3) is 0.346. The summed E-state index contributed by atoms with van der Waals surface area (Å²) in [5.74, 6) is 1.04. The van der Waals surface area contributed by atoms with Gasteiger partial charge in [0.2, 0.25) is 11.8 Å². The number of benzene rings is 2. The average Bonchev–Trinajstić information content (AvgIpc) is 3.57. The maximum Gasteiger partial charge on any atom is 0.253 e. The summed E-state index contributed by atoms with van der Waals surface area (Å²) in [5.41, 5.74) is 1.79. The highest BCUT2D eigenvalue weighted by molar-refractivity contribution is 6.30. The van der Waals surface area contributed by atoms with Crippen molar-refractivity contribution in [2.24, 2.45) is 5.92 Å². The van der Waals surface area contributed by atoms with Gasteiger partial charge in [-0.1, -0.05) is 53.5 Å². The molecule has 2 fully saturated rings. The summed E-state index contributed by atoms with van der Waals surface area (Å²) in [7, 11) is 0. The fourth-order valence-electron chi connectivity index (χ4n) is 4.71. The van der Waals surface area contributed by atoms with Gasteiger partial charge in [-0.3, -0.25) is 4.79 Å². The Balaban J connectivity index is 1.69. The van der Waals surface area contributed by atoms with Crippen molar-refractivity contribution in [1.29, 1.82) is 0 Å². The second-order valence-electron chi connectivity index (χ2n) is 8.81. The third-order valence-electron chi connectivity index (χ3n) is 6.36. The molecule has 1 aliphatic carbocycles. The minimum Gasteiger partial charge on any atom is -0.423 e. The molecule has 8 heteroatoms. The van der Waals surface area contributed by atoms with Crippen molar-refractivity contribution in [1.82, 2.24) is 15.1 Å². The lowest BCUT2D eigenvalue weighted by molar-refractivity contribution is -0.181. The molecule has 1 amide bonds. The highest BCUT2D eigenvalue weighted by Gasteiger charge is 2.52. The molecule has 3 aromatic rings. The zero-order chi connectivity index (χ0) is 23.8. The van der Waals surface area contributed by atoms with Gasteiger partial charge in [0.1, 0.15) is 18.2 Å². The first-order valence-electron chi connectivity index (χ1n) is 11.4. The summed E-state index contributed by atoms with van der Waals surface area (Å²) in [6.07, 6.45) is 2.92. The van der Waals surface area contributed by atoms with E-state index in [4.69, 9.17) is 32.4 Å². The largest absolute Gasteiger partial charge is 0.423 e. The Morgan fingerprint density at radius 3 is 2.50 bits per heavy atom. The smallest absolute Gasteiger partial charge is 0.253 e. The van der Waals surface area contributed by atoms with E-state index < -0.39 is 18.2 Å². The van der Waals surface area contributed by atoms with Gasteiger partial charge in [-0.05, 0) is 54.2 Å². The predicted molar refractivity (Wildman–Crippen MR) is 129 cm³/mol. The van der Waals surface area contributed by atoms with Crippen molar-refractivity contribution in [3.63, 3.8) is 0 Å². The number of aryl methyl sites for hydroxylation is 1. The quantitative estimate of drug-likeness (QED) is 0.352. The van der Waals surface area contributed by atoms with Crippen molar-refractivity contribution in [2.75, 3.05) is 0 Å². The summed E-state index contributed by atoms with van der Waals surface area (Å²) in [6.45, 7) is 5.60. The number of carbonyl (C=O) groups is 1. The minimum atomic E-state index is -0.685. The molecule has 34 heavy (non-hydrogen) atoms. The molecule has 176 valence electrons. The lowest BCUT2D eigenvalue weighted by atomic mass is 9.89. The van der Waals surface area contributed by atoms with Crippen LogP contribution in [0.5, 0.6) is 0 Å². The molecular weight excluding hydrogens is 473 g/mol. The molecule has 2 aliphatic rings. The Morgan fingerprint density at radius 1 is 1.12 bits per heavy atom. The van der Waals surface area contributed by atoms with Gasteiger partial charge in [0.15, 0.2) is 0 Å². The highest BCUT2D eigenvalue weighted by atomic mass is 35.5. The molecule has 1 aromatic heterocycles. The number of nitrogens with zero attached hydrogens (tertiary/aromatic N) is 3. The third-order valence-corrected chi connectivity index (χ3v) is 6.85. The topological polar surface area (TPSA) is 68.5 Å². The van der Waals surface area contributed by atoms with E-state index in [0.29, 0.717) is 28.2 Å². The SMILES string of the molecule is C=CC[C@@H]1O[C@@H](c2cccc(Cl)c2)[C@@H](c2ccc(Cl)cc2)N([C@H](c2nnc(C)o2)C2CC2)C1=O. The molecule has 2 heterocycles. The van der Waals surface area contributed by atoms with E-state index in [1.807, 2.05) is 53.4 Å². The Morgan fingerprint density at radius 2 is 1.88 bits per heavy atom. The number of ether oxygens (including phenoxy) is 1. The summed E-state index contributed by atoms with van der Waals surface area (Å²) in [6, 6.07) is 14.3. The van der Waals surface area contributed by atoms with Gasteiger partial charge in [0, 0.05) is 23.4 Å². The monoisotopic (exact) mass is 497 g/mol. The second-order valence-corrected chi connectivity index (χ2v) is 9.68. The van der Waals surface area contributed by atoms with Crippen molar-refractivity contribution in [3.05, 3.63) is 94.1 Å². The Bertz CT molecular complexity index is 1190. The van der Waals surface area contributed by atoms with Crippen LogP contribution in [0.2, 0.25) is 10.0 Å². The average molecular weight is 498 g/mol. The zero-order valence-electron chi connectivity index (χ0n) is 18.7. The number of halogens is 2. The van der Waals surface area contributed by atoms with Gasteiger partial charge in [-0.2, -0.15) is 0 Å². The summed E-state index contributed by atoms with van der Waals surface area (Å²) < 4.78 is 12.4. The van der Waals surface area contributed by atoms with Crippen molar-refractivity contribution < 1.29 is 13.9 Å². The molecule has 0 unspecified atom stereocenters. The third kappa shape index (κ3) is 4.50. The van der Waals surface area contributed by atoms with Gasteiger partial charge in [-0.15, -0.1) is 16.8 Å². The van der Waals surface area contributed by atoms with E-state index in [1.54, 1.807) is 13.0 Å². The van der Waals surface area contributed by atoms with Crippen LogP contribution in [0.15, 0.2) is 65.6 Å². The number of hydrogen-bond donors (Lipinski definition) is 0. The van der Waals surface area contributed by atoms with Crippen molar-refractivity contribution in [2.45, 2.75) is 50.5 Å². The number of rotatable bonds is 7. The maximum absolute atomic E-state index is 14.0. The van der Waals surface area contributed by atoms with Crippen molar-refractivity contribution in [3.8, 4) is 0 Å². The van der Waals surface area contributed by atoms with Crippen LogP contribution in [0.3, 0.4) is 0 Å². The van der Waals surface area contributed by atoms with Crippen molar-refractivity contribution >= 4 is 29.1 Å². The Hall–Kier alpha value is -2.67. The van der Waals surface area contributed by atoms with Gasteiger partial charge in [0.05, 0.1) is 6.04 Å². The molecule has 4 atom stereocenters. The molecule has 1 aliphatic heterocycles. The van der Waals surface area contributed by atoms with Crippen LogP contribution in [-0.2, 0) is 9.53 Å². The van der Waals surface area contributed by atoms with Crippen LogP contribution in [0, 0.1) is 12.8 Å². The molecule has 0 radical (unpaired) electrons. The fourth-order valence-corrected chi connectivity index (χ4v) is 5.03. The van der Waals surface area contributed by atoms with Gasteiger partial charge < -0.3 is 14.1 Å². The van der Waals surface area contributed by atoms with E-state index in [9.17, 15) is 4.79 Å². The van der Waals surface area contributed by atoms with E-state index in [0.717, 1.165) is 24.0 Å². The lowest BCUT2D eigenvalue weighted by Crippen LogP contribution is -2.52. The minimum absolute atomic E-state index is 0.120. The molecule has 1 saturated heterocycles. The predicted octanol–water partition coefficient (Wildman–Crippen LogP) is 6.42. The first kappa shape index (κ1) is 23.1. The lowest BCUT2D eigenvalue weighted by Gasteiger charge is -2.47. The Kier molecular flexibility index (Phi) is 6.47. The molecule has 6 nitrogen and oxygen atoms in total. The Labute approximate surface area is 208 Å². The molecule has 1 saturated carbocycles. The van der Waals surface area contributed by atoms with Gasteiger partial charge >= 0.3 is 0 Å². The highest BCUT2D eigenvalue weighted by Crippen LogP contribution is 2.52. The standard InChI is InChI=1S/C26H25Cl2N3O3/c1-3-5-21-26(32)31(23(17-8-9-17)25-30-29-15(2)33-25)22(16-10-12-19(27)13-11-16)24(34-21)18-6-4-7-20(28)14-18/h3-4,6-7,10-14,17,21-24H,1,5,8-9H2,2H3/t21-,22+,23-,24-/m0/s1. The van der Waals surface area contributed by atoms with Crippen LogP contribution < -0.4 is 0 Å². The van der Waals surface area contributed by atoms with Gasteiger partial charge in [0.25, 0.3) is 5.91 Å². The second kappa shape index (κ2) is 9.53. The first-order valence-corrected chi connectivity index (χ1v) is 12.1. The normalized spacial score (nSPS) is 23.7. The molecular formula is C26H25Cl2N3O3. The molecule has 0 spiro atoms. The van der Waals surface area contributed by atoms with Gasteiger partial charge in [-0.25, -0.2) is 0 Å². The summed E-state index contributed by atoms with van der Waals surface area (Å²) >= 11 is 12.6. The van der Waals surface area contributed by atoms with E-state index in [-0.39, 0.29) is 17.9 Å². The molecule has 0 bridgehead atoms. The van der Waals surface area contributed by atoms with Crippen LogP contribution >= 0.6 is 23.2 Å². The molecule has 0 N–H and O–H groups in total. The van der Waals surface area contributed by atoms with Crippen LogP contribution in [0.1, 0.15) is 60.4 Å². The number of carbonyl (C=O) groups excluding carboxylic acids is 1. The van der Waals surface area contributed by atoms with Crippen LogP contribution in [-0.4, -0.2) is 27.1 Å². The van der Waals surface area contributed by atoms with Crippen LogP contribution in [0.25, 0.3) is 0 Å². The van der Waals surface area contributed by atoms with E-state index >= 15 is 0 Å². The zero-order valence-corrected chi connectivity index (χ0v) is 20.2. The maximum atomic E-state index is 14.0.